The van der Waals surface area contributed by atoms with Crippen LogP contribution >= 0.6 is 70.5 Å². The van der Waals surface area contributed by atoms with Crippen LogP contribution in [0.3, 0.4) is 0 Å². The fourth-order valence-corrected chi connectivity index (χ4v) is 5.54. The van der Waals surface area contributed by atoms with Crippen molar-refractivity contribution in [2.45, 2.75) is 9.79 Å². The summed E-state index contributed by atoms with van der Waals surface area (Å²) in [6.45, 7) is 0. The van der Waals surface area contributed by atoms with Crippen LogP contribution in [0.4, 0.5) is 16.2 Å². The molecule has 0 saturated carbocycles. The summed E-state index contributed by atoms with van der Waals surface area (Å²) >= 11 is 25.1. The van der Waals surface area contributed by atoms with Crippen LogP contribution in [-0.4, -0.2) is 26.2 Å². The van der Waals surface area contributed by atoms with Gasteiger partial charge in [0.1, 0.15) is 0 Å². The second-order valence-corrected chi connectivity index (χ2v) is 11.3. The molecule has 1 saturated heterocycles. The molecular formula is C23H13Cl3N4O4S3. The van der Waals surface area contributed by atoms with Gasteiger partial charge in [-0.1, -0.05) is 64.4 Å². The van der Waals surface area contributed by atoms with Crippen LogP contribution in [0.25, 0.3) is 6.08 Å². The van der Waals surface area contributed by atoms with Crippen LogP contribution in [0.5, 0.6) is 0 Å². The first-order valence-corrected chi connectivity index (χ1v) is 13.3. The zero-order valence-electron chi connectivity index (χ0n) is 18.2. The van der Waals surface area contributed by atoms with Crippen molar-refractivity contribution >= 4 is 104 Å². The molecule has 1 heterocycles. The average molecular weight is 612 g/mol. The maximum atomic E-state index is 12.9. The highest BCUT2D eigenvalue weighted by atomic mass is 35.5. The van der Waals surface area contributed by atoms with Crippen molar-refractivity contribution in [1.82, 2.24) is 10.4 Å². The van der Waals surface area contributed by atoms with Crippen molar-refractivity contribution in [3.63, 3.8) is 0 Å². The number of rotatable bonds is 6. The summed E-state index contributed by atoms with van der Waals surface area (Å²) in [6, 6.07) is 15.3. The Morgan fingerprint density at radius 2 is 1.78 bits per heavy atom. The van der Waals surface area contributed by atoms with Gasteiger partial charge in [-0.3, -0.25) is 14.9 Å². The summed E-state index contributed by atoms with van der Waals surface area (Å²) in [5, 5.41) is 16.3. The number of amides is 3. The number of hydrazine groups is 1. The lowest BCUT2D eigenvalue weighted by molar-refractivity contribution is -0.387. The van der Waals surface area contributed by atoms with Gasteiger partial charge in [-0.05, 0) is 72.4 Å². The van der Waals surface area contributed by atoms with Gasteiger partial charge in [0.05, 0.1) is 24.8 Å². The van der Waals surface area contributed by atoms with E-state index >= 15 is 0 Å². The van der Waals surface area contributed by atoms with E-state index < -0.39 is 16.9 Å². The van der Waals surface area contributed by atoms with Crippen molar-refractivity contribution in [2.75, 3.05) is 5.32 Å². The van der Waals surface area contributed by atoms with Crippen LogP contribution in [0, 0.1) is 10.1 Å². The Balaban J connectivity index is 1.49. The van der Waals surface area contributed by atoms with Gasteiger partial charge < -0.3 is 5.32 Å². The second-order valence-electron chi connectivity index (χ2n) is 7.25. The normalized spacial score (nSPS) is 14.2. The third-order valence-corrected chi connectivity index (χ3v) is 8.07. The Bertz CT molecular complexity index is 1470. The molecule has 0 unspecified atom stereocenters. The van der Waals surface area contributed by atoms with Gasteiger partial charge in [0.2, 0.25) is 0 Å². The van der Waals surface area contributed by atoms with Crippen molar-refractivity contribution in [3.05, 3.63) is 96.3 Å². The Labute approximate surface area is 239 Å². The van der Waals surface area contributed by atoms with E-state index in [2.05, 4.69) is 10.7 Å². The second kappa shape index (κ2) is 11.7. The van der Waals surface area contributed by atoms with E-state index in [1.807, 2.05) is 0 Å². The Kier molecular flexibility index (Phi) is 8.63. The number of nitro benzene ring substituents is 1. The molecule has 0 atom stereocenters. The molecule has 0 radical (unpaired) electrons. The topological polar surface area (TPSA) is 105 Å². The zero-order chi connectivity index (χ0) is 26.7. The van der Waals surface area contributed by atoms with Crippen molar-refractivity contribution in [2.24, 2.45) is 0 Å². The van der Waals surface area contributed by atoms with E-state index in [9.17, 15) is 19.7 Å². The van der Waals surface area contributed by atoms with Gasteiger partial charge in [0, 0.05) is 21.7 Å². The van der Waals surface area contributed by atoms with Crippen LogP contribution in [0.15, 0.2) is 75.4 Å². The quantitative estimate of drug-likeness (QED) is 0.128. The number of anilines is 1. The Morgan fingerprint density at radius 3 is 2.46 bits per heavy atom. The summed E-state index contributed by atoms with van der Waals surface area (Å²) in [4.78, 5) is 37.9. The predicted molar refractivity (Wildman–Crippen MR) is 152 cm³/mol. The number of nitrogens with zero attached hydrogens (tertiary/aromatic N) is 2. The largest absolute Gasteiger partial charge is 0.338 e. The van der Waals surface area contributed by atoms with E-state index in [1.165, 1.54) is 36.0 Å². The van der Waals surface area contributed by atoms with E-state index in [0.29, 0.717) is 26.2 Å². The molecule has 8 nitrogen and oxygen atoms in total. The van der Waals surface area contributed by atoms with E-state index in [1.54, 1.807) is 42.5 Å². The summed E-state index contributed by atoms with van der Waals surface area (Å²) in [7, 11) is 0. The van der Waals surface area contributed by atoms with Crippen LogP contribution in [0.2, 0.25) is 15.1 Å². The maximum absolute atomic E-state index is 12.9. The number of carbonyl (C=O) groups excluding carboxylic acids is 2. The van der Waals surface area contributed by atoms with Gasteiger partial charge in [0.25, 0.3) is 11.6 Å². The third-order valence-electron chi connectivity index (χ3n) is 4.70. The zero-order valence-corrected chi connectivity index (χ0v) is 23.0. The van der Waals surface area contributed by atoms with Gasteiger partial charge in [-0.25, -0.2) is 10.2 Å². The Morgan fingerprint density at radius 1 is 1.05 bits per heavy atom. The lowest BCUT2D eigenvalue weighted by Gasteiger charge is -2.16. The number of carbonyl (C=O) groups is 2. The molecule has 1 aliphatic rings. The van der Waals surface area contributed by atoms with Crippen molar-refractivity contribution in [1.29, 1.82) is 0 Å². The highest BCUT2D eigenvalue weighted by Crippen LogP contribution is 2.37. The molecular weight excluding hydrogens is 599 g/mol. The smallest absolute Gasteiger partial charge is 0.307 e. The molecule has 0 aromatic heterocycles. The summed E-state index contributed by atoms with van der Waals surface area (Å²) in [5.74, 6) is -0.582. The number of benzene rings is 3. The molecule has 1 fully saturated rings. The molecule has 2 N–H and O–H groups in total. The number of thiocarbonyl (C=S) groups is 1. The summed E-state index contributed by atoms with van der Waals surface area (Å²) in [5.41, 5.74) is 3.04. The van der Waals surface area contributed by atoms with Crippen LogP contribution in [0.1, 0.15) is 5.56 Å². The number of thioether (sulfide) groups is 1. The van der Waals surface area contributed by atoms with Crippen LogP contribution in [-0.2, 0) is 4.79 Å². The molecule has 37 heavy (non-hydrogen) atoms. The summed E-state index contributed by atoms with van der Waals surface area (Å²) < 4.78 is 0.0879. The lowest BCUT2D eigenvalue weighted by atomic mass is 10.2. The first-order valence-electron chi connectivity index (χ1n) is 10.1. The number of halogens is 3. The molecule has 1 aliphatic heterocycles. The fourth-order valence-electron chi connectivity index (χ4n) is 3.03. The molecule has 0 spiro atoms. The summed E-state index contributed by atoms with van der Waals surface area (Å²) in [6.07, 6.45) is 1.47. The number of hydrogen-bond acceptors (Lipinski definition) is 7. The SMILES string of the molecule is O=C(Nc1ccc(Cl)c(Cl)c1)NN1C(=O)/C(=C/c2ccc(Sc3ccc(Cl)cc3)c([N+](=O)[O-])c2)SC1=S. The number of hydrogen-bond donors (Lipinski definition) is 2. The maximum Gasteiger partial charge on any atom is 0.338 e. The molecule has 14 heteroatoms. The first-order chi connectivity index (χ1) is 17.6. The van der Waals surface area contributed by atoms with Gasteiger partial charge in [-0.2, -0.15) is 5.01 Å². The van der Waals surface area contributed by atoms with Crippen molar-refractivity contribution < 1.29 is 14.5 Å². The molecule has 0 aliphatic carbocycles. The standard InChI is InChI=1S/C23H13Cl3N4O4S3/c24-13-2-5-15(6-3-13)36-19-8-1-12(9-18(19)30(33)34)10-20-21(31)29(23(35)37-20)28-22(32)27-14-4-7-16(25)17(26)11-14/h1-11H,(H2,27,28,32)/b20-10-. The highest BCUT2D eigenvalue weighted by Gasteiger charge is 2.34. The van der Waals surface area contributed by atoms with Crippen molar-refractivity contribution in [3.8, 4) is 0 Å². The van der Waals surface area contributed by atoms with Gasteiger partial charge >= 0.3 is 6.03 Å². The van der Waals surface area contributed by atoms with Gasteiger partial charge in [0.15, 0.2) is 4.32 Å². The molecule has 3 amide bonds. The van der Waals surface area contributed by atoms with E-state index in [4.69, 9.17) is 47.0 Å². The minimum absolute atomic E-state index is 0.0879. The highest BCUT2D eigenvalue weighted by molar-refractivity contribution is 8.26. The third kappa shape index (κ3) is 6.75. The number of urea groups is 1. The number of nitro groups is 1. The fraction of sp³-hybridized carbons (Fsp3) is 0. The number of nitrogens with one attached hydrogen (secondary N) is 2. The van der Waals surface area contributed by atoms with Gasteiger partial charge in [-0.15, -0.1) is 0 Å². The molecule has 3 aromatic carbocycles. The average Bonchev–Trinajstić information content (AvgIpc) is 3.10. The molecule has 188 valence electrons. The predicted octanol–water partition coefficient (Wildman–Crippen LogP) is 7.64. The monoisotopic (exact) mass is 610 g/mol. The lowest BCUT2D eigenvalue weighted by Crippen LogP contribution is -2.46. The Hall–Kier alpha value is -2.80. The minimum Gasteiger partial charge on any atom is -0.307 e. The van der Waals surface area contributed by atoms with E-state index in [0.717, 1.165) is 21.7 Å². The first kappa shape index (κ1) is 27.2. The molecule has 4 rings (SSSR count). The van der Waals surface area contributed by atoms with Crippen LogP contribution < -0.4 is 10.7 Å². The minimum atomic E-state index is -0.727. The molecule has 0 bridgehead atoms. The molecule has 3 aromatic rings. The van der Waals surface area contributed by atoms with E-state index in [-0.39, 0.29) is 19.9 Å².